The van der Waals surface area contributed by atoms with Crippen molar-refractivity contribution >= 4 is 0 Å². The Hall–Kier alpha value is -2.05. The van der Waals surface area contributed by atoms with E-state index in [-0.39, 0.29) is 42.0 Å². The quantitative estimate of drug-likeness (QED) is 0.255. The molecule has 2 saturated carbocycles. The van der Waals surface area contributed by atoms with Gasteiger partial charge in [-0.3, -0.25) is 0 Å². The summed E-state index contributed by atoms with van der Waals surface area (Å²) in [7, 11) is 0. The van der Waals surface area contributed by atoms with Crippen molar-refractivity contribution in [2.45, 2.75) is 115 Å². The van der Waals surface area contributed by atoms with Gasteiger partial charge in [-0.2, -0.15) is 0 Å². The number of halogens is 3. The van der Waals surface area contributed by atoms with Crippen molar-refractivity contribution < 1.29 is 27.4 Å². The summed E-state index contributed by atoms with van der Waals surface area (Å²) in [6, 6.07) is 8.60. The second-order valence-electron chi connectivity index (χ2n) is 11.0. The van der Waals surface area contributed by atoms with Gasteiger partial charge in [-0.15, -0.1) is 0 Å². The maximum absolute atomic E-state index is 15.0. The Morgan fingerprint density at radius 3 is 1.95 bits per heavy atom. The van der Waals surface area contributed by atoms with Crippen LogP contribution in [0.5, 0.6) is 5.75 Å². The molecule has 0 saturated heterocycles. The minimum absolute atomic E-state index is 0.0356. The van der Waals surface area contributed by atoms with E-state index in [1.165, 1.54) is 6.07 Å². The lowest BCUT2D eigenvalue weighted by Crippen LogP contribution is -2.22. The van der Waals surface area contributed by atoms with Gasteiger partial charge in [-0.25, -0.2) is 13.2 Å². The molecule has 2 aliphatic rings. The summed E-state index contributed by atoms with van der Waals surface area (Å²) in [5.74, 6) is -0.994. The van der Waals surface area contributed by atoms with E-state index in [0.717, 1.165) is 82.8 Å². The molecule has 0 unspecified atom stereocenters. The van der Waals surface area contributed by atoms with E-state index in [1.54, 1.807) is 12.1 Å². The van der Waals surface area contributed by atoms with Crippen LogP contribution in [0.1, 0.15) is 113 Å². The van der Waals surface area contributed by atoms with Gasteiger partial charge in [0.05, 0.1) is 25.4 Å². The molecule has 6 heteroatoms. The molecular formula is C32H43F3O3. The number of rotatable bonds is 12. The van der Waals surface area contributed by atoms with Crippen LogP contribution in [0.15, 0.2) is 30.3 Å². The van der Waals surface area contributed by atoms with Crippen LogP contribution in [0.3, 0.4) is 0 Å². The van der Waals surface area contributed by atoms with Gasteiger partial charge in [0.25, 0.3) is 0 Å². The molecule has 0 amide bonds. The summed E-state index contributed by atoms with van der Waals surface area (Å²) < 4.78 is 62.1. The average Bonchev–Trinajstić information content (AvgIpc) is 2.94. The summed E-state index contributed by atoms with van der Waals surface area (Å²) in [4.78, 5) is 0. The van der Waals surface area contributed by atoms with Crippen molar-refractivity contribution in [2.75, 3.05) is 13.2 Å². The Bertz CT molecular complexity index is 1010. The van der Waals surface area contributed by atoms with Gasteiger partial charge in [0, 0.05) is 18.2 Å². The van der Waals surface area contributed by atoms with E-state index in [9.17, 15) is 13.2 Å². The number of unbranched alkanes of at least 4 members (excludes halogenated alkanes) is 1. The largest absolute Gasteiger partial charge is 0.493 e. The van der Waals surface area contributed by atoms with Gasteiger partial charge in [0.15, 0.2) is 11.6 Å². The predicted molar refractivity (Wildman–Crippen MR) is 144 cm³/mol. The molecule has 0 aromatic heterocycles. The van der Waals surface area contributed by atoms with Gasteiger partial charge in [0.1, 0.15) is 11.6 Å². The van der Waals surface area contributed by atoms with Crippen LogP contribution in [-0.2, 0) is 16.1 Å². The van der Waals surface area contributed by atoms with E-state index in [4.69, 9.17) is 14.2 Å². The van der Waals surface area contributed by atoms with Gasteiger partial charge < -0.3 is 14.2 Å². The van der Waals surface area contributed by atoms with E-state index < -0.39 is 11.6 Å². The summed E-state index contributed by atoms with van der Waals surface area (Å²) in [6.45, 7) is 5.59. The molecule has 2 aliphatic carbocycles. The third-order valence-corrected chi connectivity index (χ3v) is 8.19. The van der Waals surface area contributed by atoms with Gasteiger partial charge >= 0.3 is 0 Å². The van der Waals surface area contributed by atoms with E-state index >= 15 is 0 Å². The second kappa shape index (κ2) is 14.4. The zero-order valence-electron chi connectivity index (χ0n) is 23.0. The Labute approximate surface area is 226 Å². The number of hydrogen-bond donors (Lipinski definition) is 0. The third kappa shape index (κ3) is 7.53. The minimum Gasteiger partial charge on any atom is -0.493 e. The molecule has 2 aromatic rings. The lowest BCUT2D eigenvalue weighted by Gasteiger charge is -2.30. The second-order valence-corrected chi connectivity index (χ2v) is 11.0. The molecule has 0 bridgehead atoms. The van der Waals surface area contributed by atoms with Gasteiger partial charge in [-0.05, 0) is 93.2 Å². The molecule has 38 heavy (non-hydrogen) atoms. The standard InChI is InChI=1S/C32H43F3O3/c1-3-5-19-37-27-15-17-28(30(33)20-27)22-6-13-26(14-7-22)38-21-24-10-16-29(32(35)31(24)34)23-8-11-25(12-9-23)36-18-4-2/h10,15-17,20,22-23,25-26H,3-9,11-14,18-19,21H2,1-2H3. The normalized spacial score (nSPS) is 23.9. The molecule has 0 aliphatic heterocycles. The van der Waals surface area contributed by atoms with Crippen LogP contribution in [0.2, 0.25) is 0 Å². The van der Waals surface area contributed by atoms with Gasteiger partial charge in [-0.1, -0.05) is 38.5 Å². The molecule has 0 N–H and O–H groups in total. The topological polar surface area (TPSA) is 27.7 Å². The Balaban J connectivity index is 1.25. The average molecular weight is 533 g/mol. The van der Waals surface area contributed by atoms with Crippen LogP contribution in [0.25, 0.3) is 0 Å². The predicted octanol–water partition coefficient (Wildman–Crippen LogP) is 8.98. The minimum atomic E-state index is -0.788. The fourth-order valence-electron chi connectivity index (χ4n) is 5.87. The Kier molecular flexibility index (Phi) is 10.9. The highest BCUT2D eigenvalue weighted by molar-refractivity contribution is 5.32. The number of benzene rings is 2. The number of hydrogen-bond acceptors (Lipinski definition) is 3. The first-order chi connectivity index (χ1) is 18.5. The molecule has 2 fully saturated rings. The Morgan fingerprint density at radius 2 is 1.32 bits per heavy atom. The van der Waals surface area contributed by atoms with Crippen LogP contribution < -0.4 is 4.74 Å². The van der Waals surface area contributed by atoms with E-state index in [2.05, 4.69) is 13.8 Å². The van der Waals surface area contributed by atoms with Crippen molar-refractivity contribution in [1.82, 2.24) is 0 Å². The van der Waals surface area contributed by atoms with Crippen LogP contribution in [-0.4, -0.2) is 25.4 Å². The van der Waals surface area contributed by atoms with Crippen molar-refractivity contribution in [3.8, 4) is 5.75 Å². The molecule has 2 aromatic carbocycles. The fourth-order valence-corrected chi connectivity index (χ4v) is 5.87. The summed E-state index contributed by atoms with van der Waals surface area (Å²) in [6.07, 6.45) is 9.74. The molecular weight excluding hydrogens is 489 g/mol. The highest BCUT2D eigenvalue weighted by atomic mass is 19.2. The summed E-state index contributed by atoms with van der Waals surface area (Å²) >= 11 is 0. The van der Waals surface area contributed by atoms with Crippen molar-refractivity contribution in [1.29, 1.82) is 0 Å². The highest BCUT2D eigenvalue weighted by Gasteiger charge is 2.28. The van der Waals surface area contributed by atoms with E-state index in [0.29, 0.717) is 17.9 Å². The first-order valence-corrected chi connectivity index (χ1v) is 14.6. The first kappa shape index (κ1) is 28.9. The Morgan fingerprint density at radius 1 is 0.684 bits per heavy atom. The highest BCUT2D eigenvalue weighted by Crippen LogP contribution is 2.38. The monoisotopic (exact) mass is 532 g/mol. The van der Waals surface area contributed by atoms with Gasteiger partial charge in [0.2, 0.25) is 0 Å². The van der Waals surface area contributed by atoms with Crippen molar-refractivity contribution in [3.05, 3.63) is 64.5 Å². The number of ether oxygens (including phenoxy) is 3. The van der Waals surface area contributed by atoms with Crippen LogP contribution >= 0.6 is 0 Å². The fraction of sp³-hybridized carbons (Fsp3) is 0.625. The smallest absolute Gasteiger partial charge is 0.164 e. The maximum atomic E-state index is 15.0. The molecule has 0 heterocycles. The molecule has 210 valence electrons. The van der Waals surface area contributed by atoms with Crippen molar-refractivity contribution in [2.24, 2.45) is 0 Å². The maximum Gasteiger partial charge on any atom is 0.164 e. The van der Waals surface area contributed by atoms with E-state index in [1.807, 2.05) is 12.1 Å². The lowest BCUT2D eigenvalue weighted by molar-refractivity contribution is 0.0116. The lowest BCUT2D eigenvalue weighted by atomic mass is 9.82. The molecule has 0 radical (unpaired) electrons. The first-order valence-electron chi connectivity index (χ1n) is 14.6. The zero-order chi connectivity index (χ0) is 26.9. The molecule has 0 atom stereocenters. The van der Waals surface area contributed by atoms with Crippen LogP contribution in [0.4, 0.5) is 13.2 Å². The molecule has 3 nitrogen and oxygen atoms in total. The summed E-state index contributed by atoms with van der Waals surface area (Å²) in [5, 5.41) is 0. The zero-order valence-corrected chi connectivity index (χ0v) is 23.0. The third-order valence-electron chi connectivity index (χ3n) is 8.19. The molecule has 4 rings (SSSR count). The van der Waals surface area contributed by atoms with Crippen molar-refractivity contribution in [3.63, 3.8) is 0 Å². The van der Waals surface area contributed by atoms with Crippen LogP contribution in [0, 0.1) is 17.5 Å². The SMILES string of the molecule is CCCCOc1ccc(C2CCC(OCc3ccc(C4CCC(OCCC)CC4)c(F)c3F)CC2)c(F)c1. The summed E-state index contributed by atoms with van der Waals surface area (Å²) in [5.41, 5.74) is 1.46. The molecule has 0 spiro atoms.